The van der Waals surface area contributed by atoms with Crippen molar-refractivity contribution in [2.75, 3.05) is 0 Å². The minimum Gasteiger partial charge on any atom is -0.426 e. The van der Waals surface area contributed by atoms with Gasteiger partial charge in [0.1, 0.15) is 5.75 Å². The summed E-state index contributed by atoms with van der Waals surface area (Å²) < 4.78 is 5.29. The average Bonchev–Trinajstić information content (AvgIpc) is 3.20. The molecule has 2 nitrogen and oxygen atoms in total. The second-order valence-electron chi connectivity index (χ2n) is 4.99. The van der Waals surface area contributed by atoms with Gasteiger partial charge in [-0.15, -0.1) is 0 Å². The van der Waals surface area contributed by atoms with E-state index in [1.807, 2.05) is 24.3 Å². The first-order valence-corrected chi connectivity index (χ1v) is 6.58. The van der Waals surface area contributed by atoms with Crippen molar-refractivity contribution in [2.45, 2.75) is 25.2 Å². The number of esters is 1. The fraction of sp³-hybridized carbons (Fsp3) is 0.235. The monoisotopic (exact) mass is 252 g/mol. The Hall–Kier alpha value is -2.09. The second-order valence-corrected chi connectivity index (χ2v) is 4.99. The molecule has 0 aromatic heterocycles. The van der Waals surface area contributed by atoms with Crippen molar-refractivity contribution in [1.82, 2.24) is 0 Å². The van der Waals surface area contributed by atoms with Gasteiger partial charge in [-0.2, -0.15) is 0 Å². The van der Waals surface area contributed by atoms with Crippen LogP contribution in [0.5, 0.6) is 5.75 Å². The molecular formula is C17H16O2. The summed E-state index contributed by atoms with van der Waals surface area (Å²) in [5.41, 5.74) is 2.51. The van der Waals surface area contributed by atoms with E-state index in [9.17, 15) is 4.79 Å². The smallest absolute Gasteiger partial charge is 0.308 e. The Morgan fingerprint density at radius 2 is 1.68 bits per heavy atom. The zero-order valence-corrected chi connectivity index (χ0v) is 10.9. The fourth-order valence-corrected chi connectivity index (χ4v) is 2.64. The van der Waals surface area contributed by atoms with Crippen molar-refractivity contribution in [3.63, 3.8) is 0 Å². The molecule has 1 fully saturated rings. The highest BCUT2D eigenvalue weighted by atomic mass is 16.5. The number of rotatable bonds is 3. The van der Waals surface area contributed by atoms with Crippen LogP contribution < -0.4 is 4.74 Å². The number of hydrogen-bond donors (Lipinski definition) is 0. The third kappa shape index (κ3) is 2.53. The zero-order chi connectivity index (χ0) is 13.2. The average molecular weight is 252 g/mol. The maximum absolute atomic E-state index is 11.1. The first-order chi connectivity index (χ1) is 9.25. The number of benzene rings is 2. The van der Waals surface area contributed by atoms with Gasteiger partial charge in [0.05, 0.1) is 0 Å². The molecule has 0 bridgehead atoms. The molecule has 96 valence electrons. The van der Waals surface area contributed by atoms with Crippen LogP contribution in [0.4, 0.5) is 0 Å². The molecule has 1 saturated carbocycles. The van der Waals surface area contributed by atoms with E-state index in [2.05, 4.69) is 30.3 Å². The molecule has 0 spiro atoms. The first-order valence-electron chi connectivity index (χ1n) is 6.58. The van der Waals surface area contributed by atoms with Crippen molar-refractivity contribution in [3.05, 3.63) is 65.7 Å². The Morgan fingerprint density at radius 3 is 2.42 bits per heavy atom. The van der Waals surface area contributed by atoms with Crippen LogP contribution in [0.3, 0.4) is 0 Å². The molecule has 0 heterocycles. The Bertz CT molecular complexity index is 589. The van der Waals surface area contributed by atoms with Crippen LogP contribution >= 0.6 is 0 Å². The predicted octanol–water partition coefficient (Wildman–Crippen LogP) is 3.88. The van der Waals surface area contributed by atoms with Gasteiger partial charge in [0.25, 0.3) is 0 Å². The van der Waals surface area contributed by atoms with Crippen molar-refractivity contribution in [2.24, 2.45) is 0 Å². The van der Waals surface area contributed by atoms with Crippen LogP contribution in [-0.2, 0) is 4.79 Å². The van der Waals surface area contributed by atoms with Crippen LogP contribution in [0, 0.1) is 0 Å². The Kier molecular flexibility index (Phi) is 3.08. The summed E-state index contributed by atoms with van der Waals surface area (Å²) >= 11 is 0. The molecule has 0 N–H and O–H groups in total. The summed E-state index contributed by atoms with van der Waals surface area (Å²) in [6.07, 6.45) is 1.13. The lowest BCUT2D eigenvalue weighted by Crippen LogP contribution is -2.03. The van der Waals surface area contributed by atoms with Crippen LogP contribution in [0.15, 0.2) is 54.6 Å². The number of carbonyl (C=O) groups excluding carboxylic acids is 1. The lowest BCUT2D eigenvalue weighted by Gasteiger charge is -2.08. The lowest BCUT2D eigenvalue weighted by molar-refractivity contribution is -0.131. The van der Waals surface area contributed by atoms with E-state index in [4.69, 9.17) is 4.74 Å². The largest absolute Gasteiger partial charge is 0.426 e. The van der Waals surface area contributed by atoms with E-state index in [0.717, 1.165) is 12.0 Å². The highest BCUT2D eigenvalue weighted by molar-refractivity contribution is 5.70. The van der Waals surface area contributed by atoms with E-state index in [1.54, 1.807) is 0 Å². The topological polar surface area (TPSA) is 26.3 Å². The van der Waals surface area contributed by atoms with Gasteiger partial charge in [-0.1, -0.05) is 48.5 Å². The molecule has 0 radical (unpaired) electrons. The van der Waals surface area contributed by atoms with E-state index >= 15 is 0 Å². The second kappa shape index (κ2) is 4.88. The molecule has 2 atom stereocenters. The van der Waals surface area contributed by atoms with Gasteiger partial charge in [0.2, 0.25) is 0 Å². The standard InChI is InChI=1S/C17H16O2/c1-12(18)19-17-10-6-5-9-14(17)16-11-15(16)13-7-3-2-4-8-13/h2-10,15-16H,11H2,1H3/t15-,16+/m0/s1. The van der Waals surface area contributed by atoms with Crippen molar-refractivity contribution >= 4 is 5.97 Å². The molecule has 0 aliphatic heterocycles. The zero-order valence-electron chi connectivity index (χ0n) is 10.9. The number of ether oxygens (including phenoxy) is 1. The van der Waals surface area contributed by atoms with Crippen LogP contribution in [0.25, 0.3) is 0 Å². The maximum atomic E-state index is 11.1. The van der Waals surface area contributed by atoms with E-state index in [-0.39, 0.29) is 5.97 Å². The summed E-state index contributed by atoms with van der Waals surface area (Å²) in [4.78, 5) is 11.1. The van der Waals surface area contributed by atoms with Crippen LogP contribution in [-0.4, -0.2) is 5.97 Å². The predicted molar refractivity (Wildman–Crippen MR) is 74.3 cm³/mol. The minimum absolute atomic E-state index is 0.260. The number of hydrogen-bond acceptors (Lipinski definition) is 2. The molecule has 2 aromatic carbocycles. The fourth-order valence-electron chi connectivity index (χ4n) is 2.64. The van der Waals surface area contributed by atoms with Gasteiger partial charge in [-0.25, -0.2) is 0 Å². The van der Waals surface area contributed by atoms with Gasteiger partial charge < -0.3 is 4.74 Å². The molecule has 0 unspecified atom stereocenters. The molecule has 0 saturated heterocycles. The summed E-state index contributed by atoms with van der Waals surface area (Å²) in [5.74, 6) is 1.47. The molecule has 19 heavy (non-hydrogen) atoms. The quantitative estimate of drug-likeness (QED) is 0.612. The molecule has 2 heteroatoms. The Balaban J connectivity index is 1.83. The maximum Gasteiger partial charge on any atom is 0.308 e. The third-order valence-electron chi connectivity index (χ3n) is 3.59. The van der Waals surface area contributed by atoms with Crippen molar-refractivity contribution < 1.29 is 9.53 Å². The summed E-state index contributed by atoms with van der Waals surface area (Å²) in [7, 11) is 0. The van der Waals surface area contributed by atoms with E-state index in [0.29, 0.717) is 17.6 Å². The SMILES string of the molecule is CC(=O)Oc1ccccc1[C@H]1C[C@H]1c1ccccc1. The van der Waals surface area contributed by atoms with Gasteiger partial charge in [0, 0.05) is 6.92 Å². The van der Waals surface area contributed by atoms with Gasteiger partial charge >= 0.3 is 5.97 Å². The third-order valence-corrected chi connectivity index (χ3v) is 3.59. The van der Waals surface area contributed by atoms with Crippen LogP contribution in [0.1, 0.15) is 36.3 Å². The molecule has 2 aromatic rings. The molecular weight excluding hydrogens is 236 g/mol. The molecule has 1 aliphatic carbocycles. The Labute approximate surface area is 113 Å². The summed E-state index contributed by atoms with van der Waals surface area (Å²) in [6, 6.07) is 18.4. The molecule has 0 amide bonds. The highest BCUT2D eigenvalue weighted by Gasteiger charge is 2.40. The highest BCUT2D eigenvalue weighted by Crippen LogP contribution is 2.56. The van der Waals surface area contributed by atoms with E-state index in [1.165, 1.54) is 12.5 Å². The lowest BCUT2D eigenvalue weighted by atomic mass is 10.0. The van der Waals surface area contributed by atoms with Gasteiger partial charge in [-0.3, -0.25) is 4.79 Å². The van der Waals surface area contributed by atoms with Gasteiger partial charge in [-0.05, 0) is 35.4 Å². The minimum atomic E-state index is -0.260. The normalized spacial score (nSPS) is 20.9. The number of para-hydroxylation sites is 1. The summed E-state index contributed by atoms with van der Waals surface area (Å²) in [6.45, 7) is 1.44. The van der Waals surface area contributed by atoms with E-state index < -0.39 is 0 Å². The summed E-state index contributed by atoms with van der Waals surface area (Å²) in [5, 5.41) is 0. The van der Waals surface area contributed by atoms with Crippen molar-refractivity contribution in [1.29, 1.82) is 0 Å². The van der Waals surface area contributed by atoms with Crippen molar-refractivity contribution in [3.8, 4) is 5.75 Å². The molecule has 3 rings (SSSR count). The number of carbonyl (C=O) groups is 1. The molecule has 1 aliphatic rings. The van der Waals surface area contributed by atoms with Gasteiger partial charge in [0.15, 0.2) is 0 Å². The van der Waals surface area contributed by atoms with Crippen LogP contribution in [0.2, 0.25) is 0 Å². The Morgan fingerprint density at radius 1 is 1.00 bits per heavy atom. The first kappa shape index (κ1) is 12.0.